The highest BCUT2D eigenvalue weighted by Crippen LogP contribution is 2.62. The van der Waals surface area contributed by atoms with Crippen molar-refractivity contribution in [2.45, 2.75) is 29.2 Å². The van der Waals surface area contributed by atoms with E-state index in [9.17, 15) is 39.9 Å². The summed E-state index contributed by atoms with van der Waals surface area (Å²) in [7, 11) is 0. The number of nitrogens with zero attached hydrogens (tertiary/aromatic N) is 2. The molecule has 7 rings (SSSR count). The predicted molar refractivity (Wildman–Crippen MR) is 153 cm³/mol. The van der Waals surface area contributed by atoms with E-state index in [1.807, 2.05) is 0 Å². The summed E-state index contributed by atoms with van der Waals surface area (Å²) in [6.45, 7) is 7.24. The van der Waals surface area contributed by atoms with E-state index in [4.69, 9.17) is 15.2 Å². The molecule has 5 aliphatic rings. The number of phenols is 1. The molecule has 2 aliphatic heterocycles. The number of carbonyl (C=O) groups excluding carboxylic acids is 3. The van der Waals surface area contributed by atoms with Gasteiger partial charge in [0.05, 0.1) is 29.1 Å². The molecular formula is C31H25N3O10. The number of aliphatic hydroxyl groups is 4. The predicted octanol–water partition coefficient (Wildman–Crippen LogP) is 1.11. The minimum atomic E-state index is -3.13. The third kappa shape index (κ3) is 2.99. The Labute approximate surface area is 248 Å². The summed E-state index contributed by atoms with van der Waals surface area (Å²) in [5.41, 5.74) is -0.432. The molecule has 2 heterocycles. The molecule has 0 saturated heterocycles. The molecule has 0 unspecified atom stereocenters. The number of aromatic hydroxyl groups is 1. The Morgan fingerprint density at radius 3 is 2.43 bits per heavy atom. The maximum absolute atomic E-state index is 14.4. The Kier molecular flexibility index (Phi) is 5.49. The first kappa shape index (κ1) is 27.4. The van der Waals surface area contributed by atoms with Crippen LogP contribution in [0, 0.1) is 5.92 Å². The van der Waals surface area contributed by atoms with Gasteiger partial charge < -0.3 is 45.6 Å². The number of fused-ring (bicyclic) bond motifs is 4. The first-order valence-corrected chi connectivity index (χ1v) is 13.5. The van der Waals surface area contributed by atoms with Gasteiger partial charge in [-0.3, -0.25) is 19.4 Å². The molecule has 7 N–H and O–H groups in total. The monoisotopic (exact) mass is 599 g/mol. The number of rotatable bonds is 5. The third-order valence-electron chi connectivity index (χ3n) is 9.30. The number of amides is 1. The number of ether oxygens (including phenoxy) is 2. The fraction of sp³-hybridized carbons (Fsp3) is 0.226. The molecule has 224 valence electrons. The Morgan fingerprint density at radius 1 is 1.09 bits per heavy atom. The summed E-state index contributed by atoms with van der Waals surface area (Å²) >= 11 is 0. The molecule has 1 amide bonds. The van der Waals surface area contributed by atoms with Crippen LogP contribution >= 0.6 is 0 Å². The van der Waals surface area contributed by atoms with Gasteiger partial charge in [-0.2, -0.15) is 0 Å². The van der Waals surface area contributed by atoms with Crippen LogP contribution in [0.15, 0.2) is 77.8 Å². The smallest absolute Gasteiger partial charge is 0.255 e. The summed E-state index contributed by atoms with van der Waals surface area (Å²) < 4.78 is 10.8. The van der Waals surface area contributed by atoms with Crippen molar-refractivity contribution in [2.75, 3.05) is 6.79 Å². The summed E-state index contributed by atoms with van der Waals surface area (Å²) in [5.74, 6) is -8.26. The summed E-state index contributed by atoms with van der Waals surface area (Å²) in [6, 6.07) is 6.46. The van der Waals surface area contributed by atoms with E-state index in [1.54, 1.807) is 30.3 Å². The number of hydrogen-bond acceptors (Lipinski definition) is 12. The molecule has 1 spiro atoms. The number of aliphatic imine (C=N–C) groups is 1. The second-order valence-electron chi connectivity index (χ2n) is 11.1. The molecule has 2 aromatic rings. The lowest BCUT2D eigenvalue weighted by atomic mass is 9.49. The number of hydrogen-bond donors (Lipinski definition) is 6. The van der Waals surface area contributed by atoms with Gasteiger partial charge in [0.25, 0.3) is 5.91 Å². The van der Waals surface area contributed by atoms with E-state index in [2.05, 4.69) is 18.2 Å². The number of nitrogens with two attached hydrogens (primary N) is 1. The molecule has 6 atom stereocenters. The average Bonchev–Trinajstić information content (AvgIpc) is 3.44. The largest absolute Gasteiger partial charge is 0.508 e. The van der Waals surface area contributed by atoms with Crippen LogP contribution in [-0.2, 0) is 14.4 Å². The Bertz CT molecular complexity index is 1850. The Morgan fingerprint density at radius 2 is 1.80 bits per heavy atom. The minimum absolute atomic E-state index is 0.0296. The highest BCUT2D eigenvalue weighted by atomic mass is 16.7. The number of aliphatic hydroxyl groups excluding tert-OH is 3. The highest BCUT2D eigenvalue weighted by molar-refractivity contribution is 6.25. The van der Waals surface area contributed by atoms with Gasteiger partial charge in [-0.15, -0.1) is 0 Å². The number of benzene rings is 2. The van der Waals surface area contributed by atoms with Crippen molar-refractivity contribution in [3.8, 4) is 28.4 Å². The topological polar surface area (TPSA) is 212 Å². The fourth-order valence-electron chi connectivity index (χ4n) is 7.26. The lowest BCUT2D eigenvalue weighted by molar-refractivity contribution is -0.170. The van der Waals surface area contributed by atoms with Gasteiger partial charge in [-0.25, -0.2) is 0 Å². The van der Waals surface area contributed by atoms with Crippen molar-refractivity contribution in [1.29, 1.82) is 0 Å². The van der Waals surface area contributed by atoms with Gasteiger partial charge in [-0.05, 0) is 35.7 Å². The molecule has 2 aromatic carbocycles. The summed E-state index contributed by atoms with van der Waals surface area (Å²) in [6.07, 6.45) is 1.76. The van der Waals surface area contributed by atoms with Crippen LogP contribution in [0.4, 0.5) is 0 Å². The zero-order valence-electron chi connectivity index (χ0n) is 22.8. The van der Waals surface area contributed by atoms with Gasteiger partial charge >= 0.3 is 0 Å². The van der Waals surface area contributed by atoms with Crippen molar-refractivity contribution in [2.24, 2.45) is 16.6 Å². The number of Topliss-reactive ketones (excluding diaryl/α,β-unsaturated/α-hetero) is 2. The van der Waals surface area contributed by atoms with E-state index >= 15 is 0 Å². The van der Waals surface area contributed by atoms with Crippen LogP contribution in [0.3, 0.4) is 0 Å². The molecule has 1 fully saturated rings. The number of ketones is 2. The quantitative estimate of drug-likeness (QED) is 0.268. The lowest BCUT2D eigenvalue weighted by Crippen LogP contribution is -2.76. The van der Waals surface area contributed by atoms with Crippen LogP contribution in [-0.4, -0.2) is 84.2 Å². The van der Waals surface area contributed by atoms with Crippen molar-refractivity contribution in [1.82, 2.24) is 4.90 Å². The van der Waals surface area contributed by atoms with Crippen molar-refractivity contribution < 1.29 is 49.4 Å². The normalized spacial score (nSPS) is 31.0. The van der Waals surface area contributed by atoms with Crippen molar-refractivity contribution in [3.05, 3.63) is 83.9 Å². The average molecular weight is 600 g/mol. The maximum Gasteiger partial charge on any atom is 0.255 e. The molecule has 3 aliphatic carbocycles. The standard InChI is InChI=1S/C31H25N3O10/c1-3-34(4-2)22-20-27(39)30-15(10-33-30)14-7-6-13(12-5-8-16-17(9-12)44-11-43-16)23(35)18(14)24(36)21(30)28(40)31(20,42)26(38)19(25(22)37)29(32)41/h3-10,15,20,22,27,35-36,38-39,42H,1-2,11H2,(H2,32,41)/t15-,20+,22-,27+,30-,31+/m0/s1. The van der Waals surface area contributed by atoms with Crippen molar-refractivity contribution in [3.63, 3.8) is 0 Å². The zero-order valence-corrected chi connectivity index (χ0v) is 22.8. The second kappa shape index (κ2) is 8.81. The molecule has 0 radical (unpaired) electrons. The molecule has 13 heteroatoms. The highest BCUT2D eigenvalue weighted by Gasteiger charge is 2.75. The van der Waals surface area contributed by atoms with Crippen LogP contribution in [0.2, 0.25) is 0 Å². The third-order valence-corrected chi connectivity index (χ3v) is 9.30. The maximum atomic E-state index is 14.4. The molecule has 13 nitrogen and oxygen atoms in total. The molecule has 0 aromatic heterocycles. The summed E-state index contributed by atoms with van der Waals surface area (Å²) in [5, 5.41) is 58.4. The first-order valence-electron chi connectivity index (χ1n) is 13.5. The van der Waals surface area contributed by atoms with E-state index in [1.165, 1.54) is 6.21 Å². The van der Waals surface area contributed by atoms with Crippen LogP contribution in [0.25, 0.3) is 16.9 Å². The van der Waals surface area contributed by atoms with E-state index in [0.29, 0.717) is 22.6 Å². The van der Waals surface area contributed by atoms with Crippen LogP contribution in [0.1, 0.15) is 17.0 Å². The van der Waals surface area contributed by atoms with Gasteiger partial charge in [0.15, 0.2) is 22.9 Å². The Hall–Kier alpha value is -5.40. The molecule has 0 bridgehead atoms. The number of carbonyl (C=O) groups is 3. The fourth-order valence-corrected chi connectivity index (χ4v) is 7.26. The van der Waals surface area contributed by atoms with Crippen LogP contribution in [0.5, 0.6) is 17.2 Å². The summed E-state index contributed by atoms with van der Waals surface area (Å²) in [4.78, 5) is 45.7. The van der Waals surface area contributed by atoms with Crippen molar-refractivity contribution >= 4 is 29.4 Å². The van der Waals surface area contributed by atoms with E-state index in [-0.39, 0.29) is 17.9 Å². The van der Waals surface area contributed by atoms with Gasteiger partial charge in [-0.1, -0.05) is 31.4 Å². The molecular weight excluding hydrogens is 574 g/mol. The van der Waals surface area contributed by atoms with Gasteiger partial charge in [0.2, 0.25) is 12.6 Å². The lowest BCUT2D eigenvalue weighted by Gasteiger charge is -2.60. The first-order chi connectivity index (χ1) is 20.9. The van der Waals surface area contributed by atoms with Gasteiger partial charge in [0.1, 0.15) is 34.4 Å². The SMILES string of the molecule is C=CN(C=C)[C@@H]1C(=O)C(C(N)=O)=C(O)[C@@]2(O)C(=O)C3=C(O)c4c(ccc(-c5ccc6c(c5)OCO6)c4O)[C@@H]4C=N[C@]34[C@H](O)[C@@H]12. The van der Waals surface area contributed by atoms with Gasteiger partial charge in [0, 0.05) is 11.8 Å². The zero-order chi connectivity index (χ0) is 31.5. The molecule has 44 heavy (non-hydrogen) atoms. The van der Waals surface area contributed by atoms with E-state index in [0.717, 1.165) is 17.3 Å². The van der Waals surface area contributed by atoms with Crippen LogP contribution < -0.4 is 15.2 Å². The minimum Gasteiger partial charge on any atom is -0.508 e. The Balaban J connectivity index is 1.48. The number of phenolic OH excluding ortho intramolecular Hbond substituents is 1. The number of primary amides is 1. The van der Waals surface area contributed by atoms with E-state index < -0.39 is 81.0 Å². The molecule has 1 saturated carbocycles. The second-order valence-corrected chi connectivity index (χ2v) is 11.1.